The van der Waals surface area contributed by atoms with Gasteiger partial charge in [0, 0.05) is 0 Å². The van der Waals surface area contributed by atoms with Crippen LogP contribution >= 0.6 is 0 Å². The maximum Gasteiger partial charge on any atom is 0.211 e. The van der Waals surface area contributed by atoms with Crippen molar-refractivity contribution in [3.8, 4) is 5.75 Å². The lowest BCUT2D eigenvalue weighted by molar-refractivity contribution is -0.105. The van der Waals surface area contributed by atoms with Crippen molar-refractivity contribution in [2.45, 2.75) is 0 Å². The third-order valence-electron chi connectivity index (χ3n) is 1.26. The highest BCUT2D eigenvalue weighted by Gasteiger charge is 1.97. The summed E-state index contributed by atoms with van der Waals surface area (Å²) in [6, 6.07) is 7.91. The average Bonchev–Trinajstić information content (AvgIpc) is 2.06. The van der Waals surface area contributed by atoms with E-state index in [1.165, 1.54) is 0 Å². The first-order valence-electron chi connectivity index (χ1n) is 3.12. The Hall–Kier alpha value is -1.51. The molecule has 0 fully saturated rings. The second-order valence-electron chi connectivity index (χ2n) is 1.89. The standard InChI is InChI=1S/C8H8NO2/c1-11-8-5-3-2-4-7(8)9-6-10/h3-6H,1H3,(H,9,10). The Bertz CT molecular complexity index is 248. The molecule has 1 rings (SSSR count). The van der Waals surface area contributed by atoms with E-state index in [4.69, 9.17) is 4.74 Å². The summed E-state index contributed by atoms with van der Waals surface area (Å²) < 4.78 is 4.96. The zero-order valence-corrected chi connectivity index (χ0v) is 6.13. The molecule has 0 aliphatic heterocycles. The monoisotopic (exact) mass is 150 g/mol. The number of hydrogen-bond acceptors (Lipinski definition) is 2. The van der Waals surface area contributed by atoms with Crippen LogP contribution in [0.2, 0.25) is 0 Å². The second-order valence-corrected chi connectivity index (χ2v) is 1.89. The molecule has 3 heteroatoms. The van der Waals surface area contributed by atoms with Crippen molar-refractivity contribution in [3.05, 3.63) is 24.3 Å². The Morgan fingerprint density at radius 2 is 2.55 bits per heavy atom. The van der Waals surface area contributed by atoms with E-state index in [0.717, 1.165) is 0 Å². The predicted octanol–water partition coefficient (Wildman–Crippen LogP) is 1.06. The number of anilines is 1. The van der Waals surface area contributed by atoms with E-state index in [1.807, 2.05) is 0 Å². The summed E-state index contributed by atoms with van der Waals surface area (Å²) in [5, 5.41) is 2.49. The number of nitrogens with one attached hydrogen (secondary N) is 1. The van der Waals surface area contributed by atoms with Gasteiger partial charge in [-0.15, -0.1) is 0 Å². The molecule has 1 radical (unpaired) electrons. The lowest BCUT2D eigenvalue weighted by Crippen LogP contribution is -1.96. The molecule has 0 heterocycles. The second kappa shape index (κ2) is 3.61. The largest absolute Gasteiger partial charge is 0.495 e. The van der Waals surface area contributed by atoms with Gasteiger partial charge in [-0.25, -0.2) is 0 Å². The Balaban J connectivity index is 2.92. The van der Waals surface area contributed by atoms with E-state index >= 15 is 0 Å². The van der Waals surface area contributed by atoms with Gasteiger partial charge in [-0.05, 0) is 18.2 Å². The first-order valence-corrected chi connectivity index (χ1v) is 3.12. The average molecular weight is 150 g/mol. The summed E-state index contributed by atoms with van der Waals surface area (Å²) in [5.41, 5.74) is 0.630. The first kappa shape index (κ1) is 7.60. The van der Waals surface area contributed by atoms with Gasteiger partial charge in [-0.2, -0.15) is 0 Å². The third kappa shape index (κ3) is 1.70. The summed E-state index contributed by atoms with van der Waals surface area (Å²) in [6.07, 6.45) is 0.603. The molecule has 11 heavy (non-hydrogen) atoms. The van der Waals surface area contributed by atoms with E-state index in [9.17, 15) is 4.79 Å². The number of benzene rings is 1. The van der Waals surface area contributed by atoms with Crippen molar-refractivity contribution in [1.29, 1.82) is 0 Å². The van der Waals surface area contributed by atoms with Crippen LogP contribution in [-0.4, -0.2) is 13.5 Å². The predicted molar refractivity (Wildman–Crippen MR) is 41.5 cm³/mol. The van der Waals surface area contributed by atoms with Crippen LogP contribution in [0.1, 0.15) is 0 Å². The van der Waals surface area contributed by atoms with Crippen LogP contribution in [0.15, 0.2) is 18.2 Å². The van der Waals surface area contributed by atoms with Gasteiger partial charge < -0.3 is 10.1 Å². The van der Waals surface area contributed by atoms with Crippen molar-refractivity contribution in [2.24, 2.45) is 0 Å². The first-order chi connectivity index (χ1) is 5.38. The quantitative estimate of drug-likeness (QED) is 0.654. The number of methoxy groups -OCH3 is 1. The molecule has 0 aliphatic carbocycles. The van der Waals surface area contributed by atoms with Crippen LogP contribution in [0.5, 0.6) is 5.75 Å². The van der Waals surface area contributed by atoms with Crippen molar-refractivity contribution in [2.75, 3.05) is 12.4 Å². The fraction of sp³-hybridized carbons (Fsp3) is 0.125. The molecule has 0 spiro atoms. The molecule has 1 amide bonds. The van der Waals surface area contributed by atoms with Gasteiger partial charge in [0.15, 0.2) is 0 Å². The Kier molecular flexibility index (Phi) is 2.49. The smallest absolute Gasteiger partial charge is 0.211 e. The van der Waals surface area contributed by atoms with Crippen molar-refractivity contribution in [3.63, 3.8) is 0 Å². The van der Waals surface area contributed by atoms with Gasteiger partial charge in [-0.3, -0.25) is 4.79 Å². The molecule has 1 aromatic rings. The summed E-state index contributed by atoms with van der Waals surface area (Å²) in [4.78, 5) is 10.1. The molecule has 0 unspecified atom stereocenters. The minimum atomic E-state index is 0.603. The zero-order valence-electron chi connectivity index (χ0n) is 6.13. The van der Waals surface area contributed by atoms with Crippen LogP contribution in [0.4, 0.5) is 5.69 Å². The summed E-state index contributed by atoms with van der Waals surface area (Å²) >= 11 is 0. The number of ether oxygens (including phenoxy) is 1. The van der Waals surface area contributed by atoms with E-state index in [2.05, 4.69) is 11.4 Å². The van der Waals surface area contributed by atoms with Gasteiger partial charge in [0.25, 0.3) is 0 Å². The molecular formula is C8H8NO2. The molecule has 0 bridgehead atoms. The molecule has 1 aromatic carbocycles. The highest BCUT2D eigenvalue weighted by atomic mass is 16.5. The molecule has 0 atom stereocenters. The molecule has 3 nitrogen and oxygen atoms in total. The van der Waals surface area contributed by atoms with E-state index in [1.54, 1.807) is 25.3 Å². The normalized spacial score (nSPS) is 8.82. The summed E-state index contributed by atoms with van der Waals surface area (Å²) in [7, 11) is 1.55. The van der Waals surface area contributed by atoms with Crippen molar-refractivity contribution >= 4 is 12.1 Å². The fourth-order valence-corrected chi connectivity index (χ4v) is 0.770. The van der Waals surface area contributed by atoms with Gasteiger partial charge in [0.1, 0.15) is 5.75 Å². The number of carbonyl (C=O) groups excluding carboxylic acids is 1. The summed E-state index contributed by atoms with van der Waals surface area (Å²) in [6.45, 7) is 0. The Morgan fingerprint density at radius 3 is 3.18 bits per heavy atom. The lowest BCUT2D eigenvalue weighted by atomic mass is 10.3. The maximum absolute atomic E-state index is 10.1. The maximum atomic E-state index is 10.1. The molecule has 0 saturated heterocycles. The van der Waals surface area contributed by atoms with E-state index in [0.29, 0.717) is 17.8 Å². The topological polar surface area (TPSA) is 38.3 Å². The van der Waals surface area contributed by atoms with Crippen LogP contribution < -0.4 is 10.1 Å². The minimum Gasteiger partial charge on any atom is -0.495 e. The molecule has 0 aromatic heterocycles. The number of amides is 1. The van der Waals surface area contributed by atoms with Crippen LogP contribution in [0.25, 0.3) is 0 Å². The highest BCUT2D eigenvalue weighted by Crippen LogP contribution is 2.21. The van der Waals surface area contributed by atoms with E-state index < -0.39 is 0 Å². The lowest BCUT2D eigenvalue weighted by Gasteiger charge is -2.04. The third-order valence-corrected chi connectivity index (χ3v) is 1.26. The molecule has 0 saturated carbocycles. The Morgan fingerprint density at radius 1 is 1.73 bits per heavy atom. The van der Waals surface area contributed by atoms with Crippen molar-refractivity contribution in [1.82, 2.24) is 0 Å². The molecule has 1 N–H and O–H groups in total. The van der Waals surface area contributed by atoms with Gasteiger partial charge in [0.2, 0.25) is 6.41 Å². The van der Waals surface area contributed by atoms with Crippen molar-refractivity contribution < 1.29 is 9.53 Å². The van der Waals surface area contributed by atoms with Crippen LogP contribution in [0.3, 0.4) is 0 Å². The highest BCUT2D eigenvalue weighted by molar-refractivity contribution is 5.75. The fourth-order valence-electron chi connectivity index (χ4n) is 0.770. The summed E-state index contributed by atoms with van der Waals surface area (Å²) in [5.74, 6) is 0.635. The van der Waals surface area contributed by atoms with Gasteiger partial charge in [0.05, 0.1) is 12.8 Å². The SMILES string of the molecule is COc1cc[c]cc1NC=O. The van der Waals surface area contributed by atoms with Gasteiger partial charge >= 0.3 is 0 Å². The molecule has 57 valence electrons. The van der Waals surface area contributed by atoms with Crippen LogP contribution in [0, 0.1) is 6.07 Å². The Labute approximate surface area is 65.0 Å². The van der Waals surface area contributed by atoms with Crippen LogP contribution in [-0.2, 0) is 4.79 Å². The van der Waals surface area contributed by atoms with E-state index in [-0.39, 0.29) is 0 Å². The van der Waals surface area contributed by atoms with Gasteiger partial charge in [-0.1, -0.05) is 6.07 Å². The number of rotatable bonds is 3. The molecule has 0 aliphatic rings. The zero-order chi connectivity index (χ0) is 8.10. The number of hydrogen-bond donors (Lipinski definition) is 1. The number of carbonyl (C=O) groups is 1. The minimum absolute atomic E-state index is 0.603. The molecular weight excluding hydrogens is 142 g/mol.